The van der Waals surface area contributed by atoms with Gasteiger partial charge in [0.1, 0.15) is 11.6 Å². The van der Waals surface area contributed by atoms with E-state index in [0.29, 0.717) is 11.1 Å². The molecule has 1 aromatic heterocycles. The molecule has 4 rings (SSSR count). The Balaban J connectivity index is 1.47. The van der Waals surface area contributed by atoms with Crippen molar-refractivity contribution in [1.29, 1.82) is 0 Å². The predicted octanol–water partition coefficient (Wildman–Crippen LogP) is 2.51. The van der Waals surface area contributed by atoms with Gasteiger partial charge >= 0.3 is 0 Å². The Morgan fingerprint density at radius 3 is 2.89 bits per heavy atom. The summed E-state index contributed by atoms with van der Waals surface area (Å²) >= 11 is 0. The standard InChI is InChI=1S/C19H16F2N4O2/c20-13-4-1-3-11(7-13)9-22-19(27)12-8-16(26)25(10-12)18-17-14(21)5-2-6-15(17)23-24-18/h1-7,12H,8-10H2,(H,22,27)(H,23,24)/t12-/m1/s1. The molecule has 138 valence electrons. The maximum atomic E-state index is 14.1. The molecule has 0 aliphatic carbocycles. The van der Waals surface area contributed by atoms with E-state index in [1.165, 1.54) is 23.1 Å². The van der Waals surface area contributed by atoms with Gasteiger partial charge in [-0.3, -0.25) is 19.6 Å². The fourth-order valence-electron chi connectivity index (χ4n) is 3.28. The van der Waals surface area contributed by atoms with E-state index in [1.807, 2.05) is 0 Å². The number of hydrogen-bond acceptors (Lipinski definition) is 3. The second-order valence-corrected chi connectivity index (χ2v) is 6.46. The zero-order valence-corrected chi connectivity index (χ0v) is 14.2. The topological polar surface area (TPSA) is 78.1 Å². The minimum atomic E-state index is -0.579. The molecule has 2 aromatic carbocycles. The molecule has 0 unspecified atom stereocenters. The van der Waals surface area contributed by atoms with Gasteiger partial charge < -0.3 is 5.32 Å². The number of nitrogens with zero attached hydrogens (tertiary/aromatic N) is 2. The van der Waals surface area contributed by atoms with Crippen molar-refractivity contribution in [2.75, 3.05) is 11.4 Å². The molecule has 8 heteroatoms. The molecule has 2 heterocycles. The van der Waals surface area contributed by atoms with Crippen LogP contribution in [0.2, 0.25) is 0 Å². The average molecular weight is 370 g/mol. The number of aromatic nitrogens is 2. The molecule has 2 N–H and O–H groups in total. The molecule has 1 aliphatic rings. The summed E-state index contributed by atoms with van der Waals surface area (Å²) in [6, 6.07) is 10.4. The summed E-state index contributed by atoms with van der Waals surface area (Å²) in [7, 11) is 0. The lowest BCUT2D eigenvalue weighted by atomic mass is 10.1. The fourth-order valence-corrected chi connectivity index (χ4v) is 3.28. The Labute approximate surface area is 153 Å². The van der Waals surface area contributed by atoms with Crippen molar-refractivity contribution in [2.24, 2.45) is 5.92 Å². The number of amides is 2. The third-order valence-electron chi connectivity index (χ3n) is 4.63. The van der Waals surface area contributed by atoms with Gasteiger partial charge in [0, 0.05) is 19.5 Å². The number of hydrogen-bond donors (Lipinski definition) is 2. The number of aromatic amines is 1. The van der Waals surface area contributed by atoms with Crippen molar-refractivity contribution in [1.82, 2.24) is 15.5 Å². The van der Waals surface area contributed by atoms with Gasteiger partial charge in [-0.1, -0.05) is 18.2 Å². The molecule has 3 aromatic rings. The van der Waals surface area contributed by atoms with Crippen LogP contribution in [0.15, 0.2) is 42.5 Å². The lowest BCUT2D eigenvalue weighted by Crippen LogP contribution is -2.32. The van der Waals surface area contributed by atoms with Crippen molar-refractivity contribution < 1.29 is 18.4 Å². The number of benzene rings is 2. The first-order chi connectivity index (χ1) is 13.0. The molecule has 1 fully saturated rings. The van der Waals surface area contributed by atoms with Gasteiger partial charge in [0.25, 0.3) is 0 Å². The second-order valence-electron chi connectivity index (χ2n) is 6.46. The quantitative estimate of drug-likeness (QED) is 0.741. The Hall–Kier alpha value is -3.29. The molecular weight excluding hydrogens is 354 g/mol. The number of nitrogens with one attached hydrogen (secondary N) is 2. The highest BCUT2D eigenvalue weighted by Gasteiger charge is 2.37. The van der Waals surface area contributed by atoms with E-state index in [-0.39, 0.29) is 48.3 Å². The number of anilines is 1. The zero-order chi connectivity index (χ0) is 19.0. The lowest BCUT2D eigenvalue weighted by Gasteiger charge is -2.14. The van der Waals surface area contributed by atoms with Crippen LogP contribution in [0.3, 0.4) is 0 Å². The predicted molar refractivity (Wildman–Crippen MR) is 94.8 cm³/mol. The fraction of sp³-hybridized carbons (Fsp3) is 0.211. The summed E-state index contributed by atoms with van der Waals surface area (Å²) in [4.78, 5) is 26.1. The molecule has 0 bridgehead atoms. The van der Waals surface area contributed by atoms with Gasteiger partial charge in [0.05, 0.1) is 16.8 Å². The van der Waals surface area contributed by atoms with Crippen molar-refractivity contribution in [3.8, 4) is 0 Å². The van der Waals surface area contributed by atoms with Crippen molar-refractivity contribution in [2.45, 2.75) is 13.0 Å². The molecule has 2 amide bonds. The number of H-pyrrole nitrogens is 1. The smallest absolute Gasteiger partial charge is 0.229 e. The van der Waals surface area contributed by atoms with E-state index in [0.717, 1.165) is 0 Å². The highest BCUT2D eigenvalue weighted by molar-refractivity contribution is 6.05. The number of fused-ring (bicyclic) bond motifs is 1. The van der Waals surface area contributed by atoms with Crippen molar-refractivity contribution in [3.05, 3.63) is 59.7 Å². The number of carbonyl (C=O) groups is 2. The SMILES string of the molecule is O=C(NCc1cccc(F)c1)[C@@H]1CC(=O)N(c2n[nH]c3cccc(F)c23)C1. The molecule has 6 nitrogen and oxygen atoms in total. The first kappa shape index (κ1) is 17.1. The van der Waals surface area contributed by atoms with Gasteiger partial charge in [-0.2, -0.15) is 5.10 Å². The van der Waals surface area contributed by atoms with Crippen LogP contribution < -0.4 is 10.2 Å². The average Bonchev–Trinajstić information content (AvgIpc) is 3.24. The Morgan fingerprint density at radius 2 is 2.07 bits per heavy atom. The van der Waals surface area contributed by atoms with Crippen LogP contribution in [0.4, 0.5) is 14.6 Å². The molecule has 1 atom stereocenters. The second kappa shape index (κ2) is 6.79. The maximum Gasteiger partial charge on any atom is 0.229 e. The summed E-state index contributed by atoms with van der Waals surface area (Å²) in [6.45, 7) is 0.281. The third-order valence-corrected chi connectivity index (χ3v) is 4.63. The van der Waals surface area contributed by atoms with Gasteiger partial charge in [0.2, 0.25) is 11.8 Å². The molecule has 1 aliphatic heterocycles. The molecule has 0 radical (unpaired) electrons. The van der Waals surface area contributed by atoms with Crippen LogP contribution in [0.5, 0.6) is 0 Å². The van der Waals surface area contributed by atoms with Crippen LogP contribution in [0, 0.1) is 17.6 Å². The highest BCUT2D eigenvalue weighted by atomic mass is 19.1. The molecular formula is C19H16F2N4O2. The van der Waals surface area contributed by atoms with Crippen molar-refractivity contribution >= 4 is 28.5 Å². The minimum Gasteiger partial charge on any atom is -0.352 e. The Bertz CT molecular complexity index is 1030. The monoisotopic (exact) mass is 370 g/mol. The lowest BCUT2D eigenvalue weighted by molar-refractivity contribution is -0.126. The van der Waals surface area contributed by atoms with E-state index < -0.39 is 11.7 Å². The number of rotatable bonds is 4. The summed E-state index contributed by atoms with van der Waals surface area (Å²) in [5.74, 6) is -1.86. The Kier molecular flexibility index (Phi) is 4.31. The van der Waals surface area contributed by atoms with E-state index in [9.17, 15) is 18.4 Å². The minimum absolute atomic E-state index is 0.0117. The summed E-state index contributed by atoms with van der Waals surface area (Å²) in [5.41, 5.74) is 1.11. The summed E-state index contributed by atoms with van der Waals surface area (Å²) in [5, 5.41) is 9.70. The number of carbonyl (C=O) groups excluding carboxylic acids is 2. The van der Waals surface area contributed by atoms with Gasteiger partial charge in [-0.05, 0) is 29.8 Å². The summed E-state index contributed by atoms with van der Waals surface area (Å²) in [6.07, 6.45) is 0.0117. The first-order valence-corrected chi connectivity index (χ1v) is 8.48. The maximum absolute atomic E-state index is 14.1. The normalized spacial score (nSPS) is 16.9. The van der Waals surface area contributed by atoms with E-state index in [1.54, 1.807) is 24.3 Å². The molecule has 1 saturated heterocycles. The van der Waals surface area contributed by atoms with E-state index >= 15 is 0 Å². The highest BCUT2D eigenvalue weighted by Crippen LogP contribution is 2.31. The third kappa shape index (κ3) is 3.25. The van der Waals surface area contributed by atoms with Crippen LogP contribution in [-0.4, -0.2) is 28.6 Å². The molecule has 0 spiro atoms. The van der Waals surface area contributed by atoms with Gasteiger partial charge in [-0.15, -0.1) is 0 Å². The van der Waals surface area contributed by atoms with Crippen LogP contribution in [-0.2, 0) is 16.1 Å². The Morgan fingerprint density at radius 1 is 1.26 bits per heavy atom. The van der Waals surface area contributed by atoms with Crippen LogP contribution in [0.1, 0.15) is 12.0 Å². The molecule has 27 heavy (non-hydrogen) atoms. The van der Waals surface area contributed by atoms with Crippen molar-refractivity contribution in [3.63, 3.8) is 0 Å². The van der Waals surface area contributed by atoms with Gasteiger partial charge in [-0.25, -0.2) is 8.78 Å². The van der Waals surface area contributed by atoms with Gasteiger partial charge in [0.15, 0.2) is 5.82 Å². The summed E-state index contributed by atoms with van der Waals surface area (Å²) < 4.78 is 27.4. The largest absolute Gasteiger partial charge is 0.352 e. The number of halogens is 2. The van der Waals surface area contributed by atoms with E-state index in [4.69, 9.17) is 0 Å². The zero-order valence-electron chi connectivity index (χ0n) is 14.2. The van der Waals surface area contributed by atoms with Crippen LogP contribution in [0.25, 0.3) is 10.9 Å². The van der Waals surface area contributed by atoms with E-state index in [2.05, 4.69) is 15.5 Å². The molecule has 0 saturated carbocycles. The van der Waals surface area contributed by atoms with Crippen LogP contribution >= 0.6 is 0 Å². The first-order valence-electron chi connectivity index (χ1n) is 8.48.